The summed E-state index contributed by atoms with van der Waals surface area (Å²) in [4.78, 5) is 12.8. The van der Waals surface area contributed by atoms with Gasteiger partial charge in [0.2, 0.25) is 0 Å². The Kier molecular flexibility index (Phi) is 8.17. The minimum Gasteiger partial charge on any atom is -0.504 e. The first-order valence-electron chi connectivity index (χ1n) is 11.0. The Bertz CT molecular complexity index is 999. The third-order valence-corrected chi connectivity index (χ3v) is 7.47. The Balaban J connectivity index is 2.34. The highest BCUT2D eigenvalue weighted by molar-refractivity contribution is 6.37. The number of nitrogens with one attached hydrogen (secondary N) is 1. The molecule has 4 nitrogen and oxygen atoms in total. The molecule has 0 spiro atoms. The molecule has 0 radical (unpaired) electrons. The highest BCUT2D eigenvalue weighted by atomic mass is 35.5. The van der Waals surface area contributed by atoms with Crippen LogP contribution in [0.15, 0.2) is 24.3 Å². The molecule has 0 bridgehead atoms. The van der Waals surface area contributed by atoms with Gasteiger partial charge in [-0.15, -0.1) is 0 Å². The number of halogens is 2. The fourth-order valence-corrected chi connectivity index (χ4v) is 3.71. The Hall–Kier alpha value is -1.91. The SMILES string of the molecule is CCC(C)(C)c1ccc(OC(C)C(=O)Nc2cc(Cl)c(C)c(Cl)c2O)c(C(C)(C)CC)c1. The topological polar surface area (TPSA) is 58.6 Å². The van der Waals surface area contributed by atoms with Crippen molar-refractivity contribution in [2.45, 2.75) is 85.2 Å². The number of phenolic OH excluding ortho intramolecular Hbond substituents is 1. The molecular formula is C26H35Cl2NO3. The van der Waals surface area contributed by atoms with Crippen LogP contribution in [0.1, 0.15) is 78.0 Å². The number of amides is 1. The maximum atomic E-state index is 12.8. The summed E-state index contributed by atoms with van der Waals surface area (Å²) in [5.74, 6) is 0.0573. The lowest BCUT2D eigenvalue weighted by molar-refractivity contribution is -0.122. The average molecular weight is 480 g/mol. The van der Waals surface area contributed by atoms with Crippen molar-refractivity contribution in [3.63, 3.8) is 0 Å². The number of carbonyl (C=O) groups excluding carboxylic acids is 1. The second-order valence-electron chi connectivity index (χ2n) is 9.63. The minimum atomic E-state index is -0.801. The number of hydrogen-bond donors (Lipinski definition) is 2. The summed E-state index contributed by atoms with van der Waals surface area (Å²) in [6, 6.07) is 7.72. The van der Waals surface area contributed by atoms with E-state index in [-0.39, 0.29) is 27.3 Å². The van der Waals surface area contributed by atoms with E-state index in [0.29, 0.717) is 16.3 Å². The molecule has 0 aromatic heterocycles. The molecule has 0 saturated heterocycles. The molecule has 0 fully saturated rings. The predicted octanol–water partition coefficient (Wildman–Crippen LogP) is 7.79. The zero-order valence-electron chi connectivity index (χ0n) is 20.3. The van der Waals surface area contributed by atoms with Crippen molar-refractivity contribution >= 4 is 34.8 Å². The molecule has 1 unspecified atom stereocenters. The van der Waals surface area contributed by atoms with Crippen LogP contribution in [0.3, 0.4) is 0 Å². The van der Waals surface area contributed by atoms with Gasteiger partial charge < -0.3 is 15.2 Å². The highest BCUT2D eigenvalue weighted by Gasteiger charge is 2.28. The van der Waals surface area contributed by atoms with E-state index < -0.39 is 12.0 Å². The van der Waals surface area contributed by atoms with Crippen molar-refractivity contribution in [3.8, 4) is 11.5 Å². The van der Waals surface area contributed by atoms with E-state index in [9.17, 15) is 9.90 Å². The highest BCUT2D eigenvalue weighted by Crippen LogP contribution is 2.40. The number of aromatic hydroxyl groups is 1. The Morgan fingerprint density at radius 2 is 1.69 bits per heavy atom. The van der Waals surface area contributed by atoms with Gasteiger partial charge in [0.15, 0.2) is 11.9 Å². The second-order valence-corrected chi connectivity index (χ2v) is 10.4. The molecule has 0 aliphatic heterocycles. The van der Waals surface area contributed by atoms with Crippen LogP contribution in [0.25, 0.3) is 0 Å². The van der Waals surface area contributed by atoms with Gasteiger partial charge in [0.1, 0.15) is 5.75 Å². The lowest BCUT2D eigenvalue weighted by atomic mass is 9.76. The van der Waals surface area contributed by atoms with Gasteiger partial charge in [0.05, 0.1) is 10.7 Å². The first-order valence-corrected chi connectivity index (χ1v) is 11.8. The first kappa shape index (κ1) is 26.3. The van der Waals surface area contributed by atoms with E-state index in [1.807, 2.05) is 6.07 Å². The zero-order chi connectivity index (χ0) is 24.4. The fourth-order valence-electron chi connectivity index (χ4n) is 3.25. The van der Waals surface area contributed by atoms with Crippen molar-refractivity contribution in [2.24, 2.45) is 0 Å². The van der Waals surface area contributed by atoms with Crippen molar-refractivity contribution < 1.29 is 14.6 Å². The lowest BCUT2D eigenvalue weighted by Crippen LogP contribution is -2.31. The third kappa shape index (κ3) is 5.52. The van der Waals surface area contributed by atoms with Crippen molar-refractivity contribution in [1.82, 2.24) is 0 Å². The van der Waals surface area contributed by atoms with Crippen LogP contribution in [0.2, 0.25) is 10.0 Å². The van der Waals surface area contributed by atoms with Gasteiger partial charge in [-0.3, -0.25) is 4.79 Å². The Morgan fingerprint density at radius 1 is 1.09 bits per heavy atom. The molecule has 6 heteroatoms. The van der Waals surface area contributed by atoms with E-state index in [0.717, 1.165) is 18.4 Å². The molecule has 2 N–H and O–H groups in total. The van der Waals surface area contributed by atoms with E-state index >= 15 is 0 Å². The van der Waals surface area contributed by atoms with Crippen LogP contribution < -0.4 is 10.1 Å². The van der Waals surface area contributed by atoms with Gasteiger partial charge in [-0.1, -0.05) is 76.9 Å². The second kappa shape index (κ2) is 9.93. The molecule has 2 aromatic rings. The maximum Gasteiger partial charge on any atom is 0.265 e. The molecule has 0 aliphatic rings. The number of hydrogen-bond acceptors (Lipinski definition) is 3. The van der Waals surface area contributed by atoms with Gasteiger partial charge in [0.25, 0.3) is 5.91 Å². The van der Waals surface area contributed by atoms with Gasteiger partial charge in [-0.05, 0) is 60.8 Å². The summed E-state index contributed by atoms with van der Waals surface area (Å²) in [6.07, 6.45) is 1.14. The van der Waals surface area contributed by atoms with Crippen LogP contribution in [0.5, 0.6) is 11.5 Å². The number of carbonyl (C=O) groups is 1. The van der Waals surface area contributed by atoms with Gasteiger partial charge in [-0.25, -0.2) is 0 Å². The smallest absolute Gasteiger partial charge is 0.265 e. The summed E-state index contributed by atoms with van der Waals surface area (Å²) in [6.45, 7) is 16.5. The number of rotatable bonds is 8. The molecule has 2 rings (SSSR count). The van der Waals surface area contributed by atoms with Crippen LogP contribution in [0, 0.1) is 6.92 Å². The first-order chi connectivity index (χ1) is 14.7. The van der Waals surface area contributed by atoms with E-state index in [1.165, 1.54) is 11.6 Å². The van der Waals surface area contributed by atoms with Crippen LogP contribution in [-0.2, 0) is 15.6 Å². The summed E-state index contributed by atoms with van der Waals surface area (Å²) >= 11 is 12.3. The molecule has 176 valence electrons. The van der Waals surface area contributed by atoms with Crippen molar-refractivity contribution in [3.05, 3.63) is 51.0 Å². The van der Waals surface area contributed by atoms with Crippen LogP contribution in [0.4, 0.5) is 5.69 Å². The zero-order valence-corrected chi connectivity index (χ0v) is 21.8. The molecule has 0 saturated carbocycles. The van der Waals surface area contributed by atoms with E-state index in [2.05, 4.69) is 59.0 Å². The van der Waals surface area contributed by atoms with Gasteiger partial charge in [0, 0.05) is 10.6 Å². The minimum absolute atomic E-state index is 0.0433. The summed E-state index contributed by atoms with van der Waals surface area (Å²) in [7, 11) is 0. The maximum absolute atomic E-state index is 12.8. The Morgan fingerprint density at radius 3 is 2.25 bits per heavy atom. The van der Waals surface area contributed by atoms with Crippen LogP contribution in [-0.4, -0.2) is 17.1 Å². The number of benzene rings is 2. The van der Waals surface area contributed by atoms with E-state index in [1.54, 1.807) is 13.8 Å². The molecule has 1 amide bonds. The van der Waals surface area contributed by atoms with Crippen molar-refractivity contribution in [1.29, 1.82) is 0 Å². The summed E-state index contributed by atoms with van der Waals surface area (Å²) in [5, 5.41) is 13.4. The van der Waals surface area contributed by atoms with E-state index in [4.69, 9.17) is 27.9 Å². The number of phenols is 1. The molecule has 1 atom stereocenters. The lowest BCUT2D eigenvalue weighted by Gasteiger charge is -2.31. The molecule has 2 aromatic carbocycles. The third-order valence-electron chi connectivity index (χ3n) is 6.61. The quantitative estimate of drug-likeness (QED) is 0.379. The predicted molar refractivity (Wildman–Crippen MR) is 135 cm³/mol. The fraction of sp³-hybridized carbons (Fsp3) is 0.500. The largest absolute Gasteiger partial charge is 0.504 e. The van der Waals surface area contributed by atoms with Crippen molar-refractivity contribution in [2.75, 3.05) is 5.32 Å². The van der Waals surface area contributed by atoms with Crippen LogP contribution >= 0.6 is 23.2 Å². The molecule has 0 heterocycles. The molecule has 0 aliphatic carbocycles. The molecular weight excluding hydrogens is 445 g/mol. The Labute approximate surface area is 202 Å². The van der Waals surface area contributed by atoms with Gasteiger partial charge >= 0.3 is 0 Å². The number of ether oxygens (including phenoxy) is 1. The standard InChI is InChI=1S/C26H35Cl2NO3/c1-9-25(5,6)17-11-12-21(18(13-17)26(7,8)10-2)32-16(4)24(31)29-20-14-19(27)15(3)22(28)23(20)30/h11-14,16,30H,9-10H2,1-8H3,(H,29,31). The summed E-state index contributed by atoms with van der Waals surface area (Å²) in [5.41, 5.74) is 2.94. The monoisotopic (exact) mass is 479 g/mol. The van der Waals surface area contributed by atoms with Gasteiger partial charge in [-0.2, -0.15) is 0 Å². The average Bonchev–Trinajstić information content (AvgIpc) is 2.75. The normalized spacial score (nSPS) is 13.1. The number of anilines is 1. The summed E-state index contributed by atoms with van der Waals surface area (Å²) < 4.78 is 6.13. The molecule has 32 heavy (non-hydrogen) atoms.